The molecule has 3 aromatic carbocycles. The van der Waals surface area contributed by atoms with Crippen LogP contribution >= 0.6 is 0 Å². The molecule has 0 spiro atoms. The molecule has 134 heavy (non-hydrogen) atoms. The van der Waals surface area contributed by atoms with E-state index in [4.69, 9.17) is 0 Å². The molecule has 28 nitrogen and oxygen atoms in total. The number of carbonyl (C=O) groups is 26. The largest absolute Gasteiger partial charge is 0.386 e. The Kier molecular flexibility index (Phi) is 42.4. The van der Waals surface area contributed by atoms with Crippen LogP contribution in [0, 0.1) is 88.8 Å². The van der Waals surface area contributed by atoms with E-state index in [2.05, 4.69) is 21.6 Å². The SMILES string of the molecule is C.CC.CC.CC.CC1=C(C)C(=O)CC1=O.CC1=CC(=O)CC1=O.CC1C(=O)CC(=O)C1C.CC1CC(=O)CC1=O.O=C1C=CC(=O)C1.O=C1CC(=O)C2C3C=CC(C3)C12.O=C1CC(=O)C2C3CCC(C3)C12.O=C1CC(=O)C2CC=CCC12.O=C1CC(=O)C2CCCCC12.O=C1CC(=O)c2ccccc21.O=C1CCC(=O)C1.O=C1OC(=O)c2ccccc21.O=C1OC(=O)c2ccccc21. The van der Waals surface area contributed by atoms with Crippen LogP contribution in [0.4, 0.5) is 0 Å². The van der Waals surface area contributed by atoms with E-state index in [-0.39, 0.29) is 270 Å². The monoisotopic (exact) mass is 1840 g/mol. The van der Waals surface area contributed by atoms with Gasteiger partial charge in [-0.15, -0.1) is 0 Å². The molecule has 11 saturated carbocycles. The van der Waals surface area contributed by atoms with Gasteiger partial charge < -0.3 is 9.47 Å². The van der Waals surface area contributed by atoms with Crippen LogP contribution < -0.4 is 0 Å². The summed E-state index contributed by atoms with van der Waals surface area (Å²) < 4.78 is 8.71. The van der Waals surface area contributed by atoms with Gasteiger partial charge in [0, 0.05) is 95.5 Å². The highest BCUT2D eigenvalue weighted by atomic mass is 16.6. The first-order valence-electron chi connectivity index (χ1n) is 46.0. The van der Waals surface area contributed by atoms with Gasteiger partial charge in [-0.1, -0.05) is 155 Å². The summed E-state index contributed by atoms with van der Waals surface area (Å²) in [6, 6.07) is 20.0. The minimum absolute atomic E-state index is 0. The molecule has 15 atom stereocenters. The molecule has 11 fully saturated rings. The number of Topliss-reactive ketones (excluding diaryl/α,β-unsaturated/α-hetero) is 19. The van der Waals surface area contributed by atoms with Gasteiger partial charge in [0.2, 0.25) is 0 Å². The lowest BCUT2D eigenvalue weighted by atomic mass is 9.81. The number of fused-ring (bicyclic) bond motifs is 15. The number of hydrogen-bond acceptors (Lipinski definition) is 28. The quantitative estimate of drug-likeness (QED) is 0.115. The first kappa shape index (κ1) is 110. The van der Waals surface area contributed by atoms with Crippen LogP contribution in [-0.2, 0) is 105 Å². The van der Waals surface area contributed by atoms with Gasteiger partial charge >= 0.3 is 23.9 Å². The fraction of sp³-hybridized carbons (Fsp3) is 0.491. The summed E-state index contributed by atoms with van der Waals surface area (Å²) in [6.07, 6.45) is 25.9. The van der Waals surface area contributed by atoms with Crippen molar-refractivity contribution in [2.45, 2.75) is 245 Å². The second-order valence-electron chi connectivity index (χ2n) is 34.8. The van der Waals surface area contributed by atoms with Gasteiger partial charge in [-0.25, -0.2) is 19.2 Å². The number of allylic oxidation sites excluding steroid dienone is 10. The van der Waals surface area contributed by atoms with E-state index >= 15 is 0 Å². The Bertz CT molecular complexity index is 4930. The summed E-state index contributed by atoms with van der Waals surface area (Å²) >= 11 is 0. The van der Waals surface area contributed by atoms with Crippen molar-refractivity contribution < 1.29 is 134 Å². The third-order valence-corrected chi connectivity index (χ3v) is 26.4. The highest BCUT2D eigenvalue weighted by Gasteiger charge is 2.58. The van der Waals surface area contributed by atoms with Gasteiger partial charge in [-0.3, -0.25) is 105 Å². The molecule has 0 amide bonds. The van der Waals surface area contributed by atoms with E-state index in [1.807, 2.05) is 67.5 Å². The molecule has 0 N–H and O–H groups in total. The van der Waals surface area contributed by atoms with Crippen molar-refractivity contribution >= 4 is 151 Å². The Morgan fingerprint density at radius 3 is 0.896 bits per heavy atom. The van der Waals surface area contributed by atoms with Crippen molar-refractivity contribution in [3.8, 4) is 0 Å². The maximum absolute atomic E-state index is 11.4. The molecule has 2 aliphatic heterocycles. The highest BCUT2D eigenvalue weighted by molar-refractivity contribution is 6.25. The first-order chi connectivity index (χ1) is 63.2. The lowest BCUT2D eigenvalue weighted by Crippen LogP contribution is -2.24. The highest BCUT2D eigenvalue weighted by Crippen LogP contribution is 2.56. The molecule has 15 unspecified atom stereocenters. The molecule has 2 heterocycles. The van der Waals surface area contributed by atoms with Gasteiger partial charge in [0.1, 0.15) is 81.0 Å². The van der Waals surface area contributed by atoms with Crippen LogP contribution in [-0.4, -0.2) is 151 Å². The normalized spacial score (nSPS) is 27.4. The Labute approximate surface area is 780 Å². The molecular weight excluding hydrogens is 1720 g/mol. The summed E-state index contributed by atoms with van der Waals surface area (Å²) in [7, 11) is 0. The van der Waals surface area contributed by atoms with Crippen LogP contribution in [0.15, 0.2) is 132 Å². The van der Waals surface area contributed by atoms with E-state index in [1.165, 1.54) is 31.1 Å². The number of cyclic esters (lactones) is 4. The third kappa shape index (κ3) is 28.5. The molecule has 19 aliphatic rings. The van der Waals surface area contributed by atoms with Gasteiger partial charge in [-0.05, 0) is 155 Å². The van der Waals surface area contributed by atoms with Crippen LogP contribution in [0.2, 0.25) is 0 Å². The molecule has 28 heteroatoms. The number of ether oxygens (including phenoxy) is 2. The number of benzene rings is 3. The molecule has 0 saturated heterocycles. The van der Waals surface area contributed by atoms with E-state index < -0.39 is 23.9 Å². The summed E-state index contributed by atoms with van der Waals surface area (Å²) in [6.45, 7) is 22.5. The van der Waals surface area contributed by atoms with E-state index in [9.17, 15) is 125 Å². The summed E-state index contributed by atoms with van der Waals surface area (Å²) in [5, 5.41) is 0. The standard InChI is InChI=1S/C10H12O2.C10H10O2.C9H12O2.C9H10O2.C9H6O2.2C8H4O3.C7H10O2.C7H8O2.C6H8O2.C6H6O2.C5H6O2.C5H4O2.3C2H6.CH4/c2*11-7-4-8(12)10-6-2-1-5(3-6)9(7)10;3*10-8-5-9(11)7-4-2-1-3-6(7)8;2*9-7-5-3-1-2-4-6(5)8(10)11-7;2*1-4-5(2)7(9)3-6(4)8;2*1-4-2-5(7)3-6(4)8;2*6-4-1-2-5(7)3-4;3*1-2;/h5-6,9-10H,1-4H2;1-2,5-6,9-10H,3-4H2;6-7H,1-5H2;1-2,6-7H,3-5H2;1-4H,5H2;2*1-4H;4-5H,3H2,1-2H3;3H2,1-2H3;4H,2-3H2,1H3;2H,3H2,1H3;1-3H2;1-2H,3H2;3*1-2H3;1H4. The van der Waals surface area contributed by atoms with Crippen molar-refractivity contribution in [1.82, 2.24) is 0 Å². The number of hydrogen-bond donors (Lipinski definition) is 0. The maximum Gasteiger partial charge on any atom is 0.346 e. The number of carbonyl (C=O) groups excluding carboxylic acids is 26. The number of rotatable bonds is 0. The lowest BCUT2D eigenvalue weighted by Gasteiger charge is -2.21. The zero-order chi connectivity index (χ0) is 98.7. The third-order valence-electron chi connectivity index (χ3n) is 26.4. The molecule has 22 rings (SSSR count). The van der Waals surface area contributed by atoms with Crippen molar-refractivity contribution in [2.24, 2.45) is 88.8 Å². The van der Waals surface area contributed by atoms with Crippen molar-refractivity contribution in [2.75, 3.05) is 0 Å². The predicted octanol–water partition coefficient (Wildman–Crippen LogP) is 14.9. The number of ketones is 22. The Morgan fingerprint density at radius 2 is 0.634 bits per heavy atom. The van der Waals surface area contributed by atoms with Crippen LogP contribution in [0.25, 0.3) is 0 Å². The molecule has 714 valence electrons. The summed E-state index contributed by atoms with van der Waals surface area (Å²) in [5.41, 5.74) is 4.47. The van der Waals surface area contributed by atoms with Crippen molar-refractivity contribution in [3.05, 3.63) is 165 Å². The smallest absolute Gasteiger partial charge is 0.346 e. The number of esters is 4. The molecule has 4 bridgehead atoms. The first-order valence-corrected chi connectivity index (χ1v) is 46.0. The molecule has 17 aliphatic carbocycles. The molecule has 0 radical (unpaired) electrons. The molecular formula is C106H122O28. The second-order valence-corrected chi connectivity index (χ2v) is 34.8. The van der Waals surface area contributed by atoms with Crippen LogP contribution in [0.1, 0.15) is 307 Å². The summed E-state index contributed by atoms with van der Waals surface area (Å²) in [4.78, 5) is 281. The molecule has 3 aromatic rings. The van der Waals surface area contributed by atoms with Gasteiger partial charge in [0.25, 0.3) is 0 Å². The Balaban J connectivity index is 0.000000223. The lowest BCUT2D eigenvalue weighted by molar-refractivity contribution is -0.125. The zero-order valence-corrected chi connectivity index (χ0v) is 77.5. The maximum atomic E-state index is 11.4. The average molecular weight is 1840 g/mol. The van der Waals surface area contributed by atoms with Gasteiger partial charge in [0.05, 0.1) is 92.9 Å². The van der Waals surface area contributed by atoms with Crippen LogP contribution in [0.5, 0.6) is 0 Å². The summed E-state index contributed by atoms with van der Waals surface area (Å²) in [5.74, 6) is 2.35. The van der Waals surface area contributed by atoms with Crippen molar-refractivity contribution in [1.29, 1.82) is 0 Å². The zero-order valence-electron chi connectivity index (χ0n) is 77.5. The van der Waals surface area contributed by atoms with Gasteiger partial charge in [0.15, 0.2) is 46.3 Å². The van der Waals surface area contributed by atoms with E-state index in [1.54, 1.807) is 100 Å². The van der Waals surface area contributed by atoms with Crippen LogP contribution in [0.3, 0.4) is 0 Å². The fourth-order valence-electron chi connectivity index (χ4n) is 19.0. The second kappa shape index (κ2) is 51.6. The Hall–Kier alpha value is -12.6. The topological polar surface area (TPSA) is 462 Å². The van der Waals surface area contributed by atoms with Gasteiger partial charge in [-0.2, -0.15) is 0 Å². The Morgan fingerprint density at radius 1 is 0.299 bits per heavy atom. The van der Waals surface area contributed by atoms with E-state index in [0.717, 1.165) is 51.4 Å². The fourth-order valence-corrected chi connectivity index (χ4v) is 19.0. The minimum atomic E-state index is -0.550. The minimum Gasteiger partial charge on any atom is -0.386 e. The average Bonchev–Trinajstić information content (AvgIpc) is 1.59. The van der Waals surface area contributed by atoms with Crippen molar-refractivity contribution in [3.63, 3.8) is 0 Å². The predicted molar refractivity (Wildman–Crippen MR) is 488 cm³/mol. The van der Waals surface area contributed by atoms with E-state index in [0.29, 0.717) is 93.0 Å². The molecule has 0 aromatic heterocycles.